The molecule has 0 spiro atoms. The molecule has 0 aromatic heterocycles. The number of carbonyl (C=O) groups is 3. The number of aromatic hydroxyl groups is 1. The molecule has 0 radical (unpaired) electrons. The number of para-hydroxylation sites is 1. The molecule has 8 nitrogen and oxygen atoms in total. The van der Waals surface area contributed by atoms with Crippen molar-refractivity contribution in [3.63, 3.8) is 0 Å². The van der Waals surface area contributed by atoms with Gasteiger partial charge in [0.05, 0.1) is 0 Å². The van der Waals surface area contributed by atoms with Crippen LogP contribution in [0.2, 0.25) is 0 Å². The molecule has 2 unspecified atom stereocenters. The summed E-state index contributed by atoms with van der Waals surface area (Å²) in [6, 6.07) is 13.5. The number of alkyl carbamates (subject to hydrolysis) is 1. The number of carbonyl (C=O) groups excluding carboxylic acids is 3. The van der Waals surface area contributed by atoms with Gasteiger partial charge in [-0.2, -0.15) is 0 Å². The molecule has 0 aliphatic carbocycles. The van der Waals surface area contributed by atoms with Gasteiger partial charge in [0.25, 0.3) is 0 Å². The largest absolute Gasteiger partial charge is 0.508 e. The molecule has 0 saturated heterocycles. The number of likely N-dealkylation sites (N-methyl/N-ethyl adjacent to an activating group) is 1. The van der Waals surface area contributed by atoms with E-state index in [1.165, 1.54) is 11.0 Å². The van der Waals surface area contributed by atoms with Crippen LogP contribution in [0.15, 0.2) is 54.6 Å². The molecule has 0 aliphatic rings. The van der Waals surface area contributed by atoms with E-state index >= 15 is 0 Å². The van der Waals surface area contributed by atoms with Crippen LogP contribution >= 0.6 is 0 Å². The van der Waals surface area contributed by atoms with Gasteiger partial charge >= 0.3 is 6.09 Å². The summed E-state index contributed by atoms with van der Waals surface area (Å²) in [6.07, 6.45) is -0.525. The first-order chi connectivity index (χ1) is 16.4. The first-order valence-electron chi connectivity index (χ1n) is 11.8. The van der Waals surface area contributed by atoms with Crippen molar-refractivity contribution in [2.45, 2.75) is 71.7 Å². The molecule has 0 bridgehead atoms. The Labute approximate surface area is 207 Å². The van der Waals surface area contributed by atoms with E-state index in [1.54, 1.807) is 45.9 Å². The summed E-state index contributed by atoms with van der Waals surface area (Å²) < 4.78 is 5.39. The lowest BCUT2D eigenvalue weighted by atomic mass is 9.99. The molecule has 0 saturated carbocycles. The van der Waals surface area contributed by atoms with Crippen molar-refractivity contribution in [2.75, 3.05) is 6.54 Å². The van der Waals surface area contributed by atoms with E-state index in [0.717, 1.165) is 5.56 Å². The Morgan fingerprint density at radius 1 is 0.971 bits per heavy atom. The fourth-order valence-corrected chi connectivity index (χ4v) is 3.70. The molecule has 0 aliphatic heterocycles. The van der Waals surface area contributed by atoms with E-state index in [9.17, 15) is 19.5 Å². The lowest BCUT2D eigenvalue weighted by molar-refractivity contribution is -0.142. The smallest absolute Gasteiger partial charge is 0.408 e. The standard InChI is InChI=1S/C27H37N3O5/c1-7-30(23(24(32)28-18(2)3)20-15-11-12-16-22(20)31)25(33)21(17-19-13-9-8-10-14-19)29-26(34)35-27(4,5)6/h8-16,18,21,23,31H,7,17H2,1-6H3,(H,28,32)(H,29,34). The van der Waals surface area contributed by atoms with Crippen LogP contribution < -0.4 is 10.6 Å². The Hall–Kier alpha value is -3.55. The van der Waals surface area contributed by atoms with Gasteiger partial charge in [0, 0.05) is 24.6 Å². The van der Waals surface area contributed by atoms with Gasteiger partial charge in [-0.05, 0) is 53.2 Å². The average molecular weight is 484 g/mol. The Morgan fingerprint density at radius 2 is 1.57 bits per heavy atom. The Morgan fingerprint density at radius 3 is 2.11 bits per heavy atom. The van der Waals surface area contributed by atoms with Gasteiger partial charge in [-0.1, -0.05) is 48.5 Å². The van der Waals surface area contributed by atoms with Gasteiger partial charge in [-0.15, -0.1) is 0 Å². The SMILES string of the molecule is CCN(C(=O)C(Cc1ccccc1)NC(=O)OC(C)(C)C)C(C(=O)NC(C)C)c1ccccc1O. The highest BCUT2D eigenvalue weighted by Gasteiger charge is 2.36. The zero-order valence-corrected chi connectivity index (χ0v) is 21.4. The predicted octanol–water partition coefficient (Wildman–Crippen LogP) is 3.94. The van der Waals surface area contributed by atoms with Crippen LogP contribution in [0.5, 0.6) is 5.75 Å². The van der Waals surface area contributed by atoms with Gasteiger partial charge in [-0.25, -0.2) is 4.79 Å². The van der Waals surface area contributed by atoms with Crippen LogP contribution in [-0.2, 0) is 20.7 Å². The number of hydrogen-bond acceptors (Lipinski definition) is 5. The monoisotopic (exact) mass is 483 g/mol. The molecule has 2 aromatic rings. The van der Waals surface area contributed by atoms with Gasteiger partial charge in [0.15, 0.2) is 0 Å². The van der Waals surface area contributed by atoms with Crippen LogP contribution in [0.1, 0.15) is 58.7 Å². The minimum absolute atomic E-state index is 0.0950. The lowest BCUT2D eigenvalue weighted by Gasteiger charge is -2.34. The number of phenolic OH excluding ortho intramolecular Hbond substituents is 1. The molecule has 2 aromatic carbocycles. The summed E-state index contributed by atoms with van der Waals surface area (Å²) in [7, 11) is 0. The van der Waals surface area contributed by atoms with Crippen LogP contribution in [-0.4, -0.2) is 52.1 Å². The summed E-state index contributed by atoms with van der Waals surface area (Å²) >= 11 is 0. The summed E-state index contributed by atoms with van der Waals surface area (Å²) in [5, 5.41) is 16.1. The second-order valence-electron chi connectivity index (χ2n) is 9.64. The number of nitrogens with zero attached hydrogens (tertiary/aromatic N) is 1. The lowest BCUT2D eigenvalue weighted by Crippen LogP contribution is -2.54. The van der Waals surface area contributed by atoms with Crippen molar-refractivity contribution in [3.05, 3.63) is 65.7 Å². The van der Waals surface area contributed by atoms with Crippen LogP contribution in [0.3, 0.4) is 0 Å². The molecular weight excluding hydrogens is 446 g/mol. The van der Waals surface area contributed by atoms with E-state index in [-0.39, 0.29) is 24.8 Å². The first-order valence-corrected chi connectivity index (χ1v) is 11.8. The molecule has 0 heterocycles. The van der Waals surface area contributed by atoms with E-state index < -0.39 is 35.6 Å². The van der Waals surface area contributed by atoms with Crippen LogP contribution in [0, 0.1) is 0 Å². The minimum atomic E-state index is -1.09. The van der Waals surface area contributed by atoms with Crippen molar-refractivity contribution < 1.29 is 24.2 Å². The second kappa shape index (κ2) is 12.2. The van der Waals surface area contributed by atoms with E-state index in [0.29, 0.717) is 5.56 Å². The van der Waals surface area contributed by atoms with Crippen molar-refractivity contribution in [3.8, 4) is 5.75 Å². The maximum absolute atomic E-state index is 13.9. The third-order valence-corrected chi connectivity index (χ3v) is 5.12. The van der Waals surface area contributed by atoms with Gasteiger partial charge in [-0.3, -0.25) is 9.59 Å². The van der Waals surface area contributed by atoms with Crippen molar-refractivity contribution in [1.29, 1.82) is 0 Å². The molecule has 3 N–H and O–H groups in total. The van der Waals surface area contributed by atoms with Gasteiger partial charge in [0.2, 0.25) is 11.8 Å². The van der Waals surface area contributed by atoms with E-state index in [4.69, 9.17) is 4.74 Å². The van der Waals surface area contributed by atoms with Gasteiger partial charge < -0.3 is 25.4 Å². The average Bonchev–Trinajstić information content (AvgIpc) is 2.76. The number of phenols is 1. The normalized spacial score (nSPS) is 13.0. The Kier molecular flexibility index (Phi) is 9.68. The Balaban J connectivity index is 2.47. The number of nitrogens with one attached hydrogen (secondary N) is 2. The highest BCUT2D eigenvalue weighted by atomic mass is 16.6. The summed E-state index contributed by atoms with van der Waals surface area (Å²) in [4.78, 5) is 41.2. The summed E-state index contributed by atoms with van der Waals surface area (Å²) in [6.45, 7) is 10.8. The molecule has 0 fully saturated rings. The van der Waals surface area contributed by atoms with Crippen molar-refractivity contribution >= 4 is 17.9 Å². The summed E-state index contributed by atoms with van der Waals surface area (Å²) in [5.41, 5.74) is 0.393. The molecule has 2 atom stereocenters. The zero-order valence-electron chi connectivity index (χ0n) is 21.4. The van der Waals surface area contributed by atoms with E-state index in [2.05, 4.69) is 10.6 Å². The van der Waals surface area contributed by atoms with E-state index in [1.807, 2.05) is 44.2 Å². The predicted molar refractivity (Wildman–Crippen MR) is 135 cm³/mol. The fraction of sp³-hybridized carbons (Fsp3) is 0.444. The molecule has 2 rings (SSSR count). The fourth-order valence-electron chi connectivity index (χ4n) is 3.70. The third kappa shape index (κ3) is 8.31. The molecular formula is C27H37N3O5. The zero-order chi connectivity index (χ0) is 26.2. The second-order valence-corrected chi connectivity index (χ2v) is 9.64. The minimum Gasteiger partial charge on any atom is -0.508 e. The number of ether oxygens (including phenoxy) is 1. The highest BCUT2D eigenvalue weighted by Crippen LogP contribution is 2.30. The topological polar surface area (TPSA) is 108 Å². The maximum Gasteiger partial charge on any atom is 0.408 e. The molecule has 8 heteroatoms. The van der Waals surface area contributed by atoms with Gasteiger partial charge in [0.1, 0.15) is 23.4 Å². The molecule has 35 heavy (non-hydrogen) atoms. The summed E-state index contributed by atoms with van der Waals surface area (Å²) in [5.74, 6) is -0.982. The van der Waals surface area contributed by atoms with Crippen molar-refractivity contribution in [2.24, 2.45) is 0 Å². The maximum atomic E-state index is 13.9. The first kappa shape index (κ1) is 27.7. The number of rotatable bonds is 9. The third-order valence-electron chi connectivity index (χ3n) is 5.12. The quantitative estimate of drug-likeness (QED) is 0.501. The molecule has 190 valence electrons. The van der Waals surface area contributed by atoms with Crippen LogP contribution in [0.25, 0.3) is 0 Å². The highest BCUT2D eigenvalue weighted by molar-refractivity contribution is 5.92. The number of hydrogen-bond donors (Lipinski definition) is 3. The van der Waals surface area contributed by atoms with Crippen LogP contribution in [0.4, 0.5) is 4.79 Å². The number of amides is 3. The Bertz CT molecular complexity index is 1000. The number of benzene rings is 2. The van der Waals surface area contributed by atoms with Crippen molar-refractivity contribution in [1.82, 2.24) is 15.5 Å². The molecule has 3 amide bonds.